The average molecular weight is 728 g/mol. The van der Waals surface area contributed by atoms with Crippen molar-refractivity contribution in [1.29, 1.82) is 0 Å². The van der Waals surface area contributed by atoms with Gasteiger partial charge in [-0.2, -0.15) is 16.8 Å². The van der Waals surface area contributed by atoms with E-state index in [1.165, 1.54) is 30.6 Å². The second-order valence-electron chi connectivity index (χ2n) is 12.3. The summed E-state index contributed by atoms with van der Waals surface area (Å²) in [7, 11) is -7.50. The van der Waals surface area contributed by atoms with Crippen LogP contribution in [0, 0.1) is 0 Å². The van der Waals surface area contributed by atoms with Crippen molar-refractivity contribution in [3.8, 4) is 27.7 Å². The zero-order valence-corrected chi connectivity index (χ0v) is 30.6. The van der Waals surface area contributed by atoms with Crippen molar-refractivity contribution in [2.45, 2.75) is 65.2 Å². The van der Waals surface area contributed by atoms with Gasteiger partial charge in [-0.15, -0.1) is 11.3 Å². The molecule has 4 aromatic rings. The van der Waals surface area contributed by atoms with Crippen molar-refractivity contribution in [2.75, 3.05) is 37.7 Å². The Morgan fingerprint density at radius 3 is 2.02 bits per heavy atom. The molecule has 1 aliphatic heterocycles. The van der Waals surface area contributed by atoms with Crippen LogP contribution < -0.4 is 13.1 Å². The molecule has 0 spiro atoms. The Bertz CT molecular complexity index is 1910. The molecule has 264 valence electrons. The van der Waals surface area contributed by atoms with Gasteiger partial charge in [0.15, 0.2) is 5.78 Å². The normalized spacial score (nSPS) is 14.2. The van der Waals surface area contributed by atoms with E-state index >= 15 is 0 Å². The minimum absolute atomic E-state index is 0.0682. The maximum Gasteiger partial charge on any atom is 0.309 e. The minimum atomic E-state index is -3.77. The summed E-state index contributed by atoms with van der Waals surface area (Å²) in [5.41, 5.74) is 1.63. The molecule has 0 aliphatic carbocycles. The SMILES string of the molecule is CCCCCS(=O)(=O)Oc1ccc2c(C(=O)c3ccc(OCCN4CCCCC4)cc3)c(-c3ccc(OS(=O)(=O)CCCC)cc3)sc2c1. The molecule has 3 aromatic carbocycles. The van der Waals surface area contributed by atoms with E-state index in [1.807, 2.05) is 13.8 Å². The Kier molecular flexibility index (Phi) is 12.8. The number of unbranched alkanes of at least 4 members (excludes halogenated alkanes) is 3. The van der Waals surface area contributed by atoms with Crippen molar-refractivity contribution in [3.63, 3.8) is 0 Å². The Balaban J connectivity index is 1.42. The van der Waals surface area contributed by atoms with Gasteiger partial charge in [0.25, 0.3) is 0 Å². The highest BCUT2D eigenvalue weighted by molar-refractivity contribution is 7.87. The summed E-state index contributed by atoms with van der Waals surface area (Å²) < 4.78 is 67.3. The molecule has 0 atom stereocenters. The van der Waals surface area contributed by atoms with E-state index in [0.29, 0.717) is 56.9 Å². The number of rotatable bonds is 18. The first-order valence-electron chi connectivity index (χ1n) is 17.1. The molecule has 9 nitrogen and oxygen atoms in total. The third-order valence-corrected chi connectivity index (χ3v) is 12.1. The highest BCUT2D eigenvalue weighted by Crippen LogP contribution is 2.42. The topological polar surface area (TPSA) is 116 Å². The molecular formula is C37H45NO8S3. The molecule has 0 radical (unpaired) electrons. The number of piperidine rings is 1. The maximum atomic E-state index is 14.2. The second-order valence-corrected chi connectivity index (χ2v) is 16.8. The number of ether oxygens (including phenoxy) is 1. The number of nitrogens with zero attached hydrogens (tertiary/aromatic N) is 1. The number of ketones is 1. The Morgan fingerprint density at radius 2 is 1.35 bits per heavy atom. The van der Waals surface area contributed by atoms with Gasteiger partial charge < -0.3 is 13.1 Å². The van der Waals surface area contributed by atoms with Crippen LogP contribution >= 0.6 is 11.3 Å². The first kappa shape index (κ1) is 36.8. The Labute approximate surface area is 294 Å². The predicted octanol–water partition coefficient (Wildman–Crippen LogP) is 8.07. The largest absolute Gasteiger partial charge is 0.492 e. The van der Waals surface area contributed by atoms with E-state index in [0.717, 1.165) is 38.9 Å². The molecule has 49 heavy (non-hydrogen) atoms. The lowest BCUT2D eigenvalue weighted by Gasteiger charge is -2.26. The molecule has 5 rings (SSSR count). The molecule has 2 heterocycles. The van der Waals surface area contributed by atoms with Crippen molar-refractivity contribution in [1.82, 2.24) is 4.90 Å². The number of hydrogen-bond donors (Lipinski definition) is 0. The van der Waals surface area contributed by atoms with E-state index in [1.54, 1.807) is 66.7 Å². The predicted molar refractivity (Wildman–Crippen MR) is 196 cm³/mol. The van der Waals surface area contributed by atoms with E-state index in [-0.39, 0.29) is 28.8 Å². The molecule has 0 unspecified atom stereocenters. The molecule has 1 aromatic heterocycles. The van der Waals surface area contributed by atoms with Gasteiger partial charge in [-0.1, -0.05) is 39.5 Å². The molecule has 1 fully saturated rings. The Morgan fingerprint density at radius 1 is 0.735 bits per heavy atom. The average Bonchev–Trinajstić information content (AvgIpc) is 3.46. The zero-order chi connectivity index (χ0) is 34.9. The van der Waals surface area contributed by atoms with Crippen LogP contribution in [0.15, 0.2) is 66.7 Å². The zero-order valence-electron chi connectivity index (χ0n) is 28.2. The van der Waals surface area contributed by atoms with E-state index in [9.17, 15) is 21.6 Å². The number of fused-ring (bicyclic) bond motifs is 1. The molecule has 0 N–H and O–H groups in total. The molecule has 1 aliphatic rings. The van der Waals surface area contributed by atoms with Crippen LogP contribution in [-0.4, -0.2) is 65.3 Å². The summed E-state index contributed by atoms with van der Waals surface area (Å²) in [6.07, 6.45) is 7.18. The molecule has 0 saturated carbocycles. The maximum absolute atomic E-state index is 14.2. The van der Waals surface area contributed by atoms with Crippen LogP contribution in [0.1, 0.15) is 81.1 Å². The van der Waals surface area contributed by atoms with Crippen molar-refractivity contribution >= 4 is 47.4 Å². The summed E-state index contributed by atoms with van der Waals surface area (Å²) in [4.78, 5) is 17.3. The van der Waals surface area contributed by atoms with Gasteiger partial charge in [0.2, 0.25) is 0 Å². The monoisotopic (exact) mass is 727 g/mol. The number of likely N-dealkylation sites (tertiary alicyclic amines) is 1. The number of benzene rings is 3. The first-order chi connectivity index (χ1) is 23.6. The molecular weight excluding hydrogens is 683 g/mol. The summed E-state index contributed by atoms with van der Waals surface area (Å²) in [5.74, 6) is 0.719. The van der Waals surface area contributed by atoms with Crippen LogP contribution in [0.2, 0.25) is 0 Å². The standard InChI is InChI=1S/C37H45NO8S3/c1-3-5-10-26-49(42,43)46-32-19-20-33-34(27-32)47-37(29-13-17-31(18-14-29)45-48(40,41)25-6-4-2)35(33)36(39)28-11-15-30(16-12-28)44-24-23-38-21-8-7-9-22-38/h11-20,27H,3-10,21-26H2,1-2H3. The van der Waals surface area contributed by atoms with Crippen molar-refractivity contribution in [3.05, 3.63) is 77.9 Å². The summed E-state index contributed by atoms with van der Waals surface area (Å²) >= 11 is 1.34. The van der Waals surface area contributed by atoms with Crippen LogP contribution in [0.5, 0.6) is 17.2 Å². The minimum Gasteiger partial charge on any atom is -0.492 e. The molecule has 12 heteroatoms. The lowest BCUT2D eigenvalue weighted by molar-refractivity contribution is 0.104. The lowest BCUT2D eigenvalue weighted by Crippen LogP contribution is -2.33. The van der Waals surface area contributed by atoms with E-state index < -0.39 is 20.2 Å². The third-order valence-electron chi connectivity index (χ3n) is 8.44. The summed E-state index contributed by atoms with van der Waals surface area (Å²) in [6.45, 7) is 7.56. The quantitative estimate of drug-likeness (QED) is 0.0570. The second kappa shape index (κ2) is 17.0. The van der Waals surface area contributed by atoms with E-state index in [2.05, 4.69) is 4.90 Å². The number of carbonyl (C=O) groups is 1. The fourth-order valence-corrected chi connectivity index (χ4v) is 9.17. The van der Waals surface area contributed by atoms with Crippen LogP contribution in [0.3, 0.4) is 0 Å². The fourth-order valence-electron chi connectivity index (χ4n) is 5.77. The third kappa shape index (κ3) is 10.3. The Hall–Kier alpha value is -3.45. The lowest BCUT2D eigenvalue weighted by atomic mass is 9.97. The number of hydrogen-bond acceptors (Lipinski definition) is 10. The van der Waals surface area contributed by atoms with Gasteiger partial charge in [0.1, 0.15) is 23.9 Å². The summed E-state index contributed by atoms with van der Waals surface area (Å²) in [6, 6.07) is 18.6. The summed E-state index contributed by atoms with van der Waals surface area (Å²) in [5, 5.41) is 0.657. The van der Waals surface area contributed by atoms with Crippen molar-refractivity contribution < 1.29 is 34.7 Å². The molecule has 1 saturated heterocycles. The number of thiophene rings is 1. The van der Waals surface area contributed by atoms with Gasteiger partial charge >= 0.3 is 20.2 Å². The molecule has 0 bridgehead atoms. The first-order valence-corrected chi connectivity index (χ1v) is 21.1. The van der Waals surface area contributed by atoms with E-state index in [4.69, 9.17) is 13.1 Å². The fraction of sp³-hybridized carbons (Fsp3) is 0.432. The van der Waals surface area contributed by atoms with Crippen LogP contribution in [0.25, 0.3) is 20.5 Å². The van der Waals surface area contributed by atoms with Crippen molar-refractivity contribution in [2.24, 2.45) is 0 Å². The van der Waals surface area contributed by atoms with Gasteiger partial charge in [0.05, 0.1) is 11.5 Å². The highest BCUT2D eigenvalue weighted by atomic mass is 32.2. The highest BCUT2D eigenvalue weighted by Gasteiger charge is 2.23. The van der Waals surface area contributed by atoms with Gasteiger partial charge in [-0.25, -0.2) is 0 Å². The number of carbonyl (C=O) groups excluding carboxylic acids is 1. The van der Waals surface area contributed by atoms with Gasteiger partial charge in [-0.3, -0.25) is 9.69 Å². The van der Waals surface area contributed by atoms with Gasteiger partial charge in [-0.05, 0) is 111 Å². The molecule has 0 amide bonds. The van der Waals surface area contributed by atoms with Gasteiger partial charge in [0, 0.05) is 32.6 Å². The van der Waals surface area contributed by atoms with Crippen LogP contribution in [0.4, 0.5) is 0 Å². The van der Waals surface area contributed by atoms with Crippen LogP contribution in [-0.2, 0) is 20.2 Å². The smallest absolute Gasteiger partial charge is 0.309 e.